The van der Waals surface area contributed by atoms with Crippen molar-refractivity contribution in [2.24, 2.45) is 5.41 Å². The van der Waals surface area contributed by atoms with E-state index in [1.165, 1.54) is 0 Å². The first-order chi connectivity index (χ1) is 7.73. The molecule has 0 saturated heterocycles. The number of hydrogen-bond donors (Lipinski definition) is 2. The number of aliphatic hydroxyl groups is 1. The Morgan fingerprint density at radius 1 is 1.12 bits per heavy atom. The molecule has 0 heterocycles. The van der Waals surface area contributed by atoms with Crippen LogP contribution in [0.1, 0.15) is 50.8 Å². The minimum atomic E-state index is -0.839. The fourth-order valence-electron chi connectivity index (χ4n) is 1.61. The van der Waals surface area contributed by atoms with Gasteiger partial charge in [0, 0.05) is 0 Å². The molecule has 1 aromatic rings. The van der Waals surface area contributed by atoms with Crippen LogP contribution in [-0.2, 0) is 4.79 Å². The van der Waals surface area contributed by atoms with Crippen molar-refractivity contribution in [3.05, 3.63) is 35.4 Å². The molecule has 0 aromatic heterocycles. The van der Waals surface area contributed by atoms with Gasteiger partial charge in [0.15, 0.2) is 0 Å². The van der Waals surface area contributed by atoms with Crippen molar-refractivity contribution in [2.75, 3.05) is 0 Å². The van der Waals surface area contributed by atoms with Crippen molar-refractivity contribution in [3.63, 3.8) is 0 Å². The summed E-state index contributed by atoms with van der Waals surface area (Å²) in [4.78, 5) is 10.8. The third kappa shape index (κ3) is 3.30. The van der Waals surface area contributed by atoms with Crippen LogP contribution in [0.25, 0.3) is 0 Å². The average molecular weight is 236 g/mol. The summed E-state index contributed by atoms with van der Waals surface area (Å²) < 4.78 is 0. The molecule has 2 atom stereocenters. The highest BCUT2D eigenvalue weighted by Gasteiger charge is 2.24. The van der Waals surface area contributed by atoms with Gasteiger partial charge in [0.2, 0.25) is 0 Å². The first kappa shape index (κ1) is 13.7. The number of aliphatic hydroxyl groups excluding tert-OH is 1. The summed E-state index contributed by atoms with van der Waals surface area (Å²) >= 11 is 0. The number of carbonyl (C=O) groups is 1. The molecule has 0 radical (unpaired) electrons. The molecule has 0 fully saturated rings. The van der Waals surface area contributed by atoms with E-state index in [1.807, 2.05) is 20.8 Å². The first-order valence-electron chi connectivity index (χ1n) is 5.74. The van der Waals surface area contributed by atoms with Crippen LogP contribution in [0.2, 0.25) is 0 Å². The summed E-state index contributed by atoms with van der Waals surface area (Å²) in [6.45, 7) is 7.54. The lowest BCUT2D eigenvalue weighted by atomic mass is 9.84. The molecule has 0 spiro atoms. The Balaban J connectivity index is 2.92. The molecule has 1 aromatic carbocycles. The molecular formula is C14H20O3. The van der Waals surface area contributed by atoms with Gasteiger partial charge in [-0.15, -0.1) is 0 Å². The van der Waals surface area contributed by atoms with Gasteiger partial charge in [0.25, 0.3) is 0 Å². The summed E-state index contributed by atoms with van der Waals surface area (Å²) in [7, 11) is 0. The molecule has 3 nitrogen and oxygen atoms in total. The van der Waals surface area contributed by atoms with Gasteiger partial charge in [0.1, 0.15) is 0 Å². The highest BCUT2D eigenvalue weighted by atomic mass is 16.4. The SMILES string of the molecule is CC(C(=O)O)c1ccc(C(O)C(C)(C)C)cc1. The molecule has 0 amide bonds. The molecule has 2 unspecified atom stereocenters. The van der Waals surface area contributed by atoms with E-state index >= 15 is 0 Å². The van der Waals surface area contributed by atoms with E-state index in [2.05, 4.69) is 0 Å². The molecule has 3 heteroatoms. The summed E-state index contributed by atoms with van der Waals surface area (Å²) in [5.74, 6) is -1.36. The highest BCUT2D eigenvalue weighted by Crippen LogP contribution is 2.32. The predicted molar refractivity (Wildman–Crippen MR) is 66.9 cm³/mol. The molecule has 0 aliphatic rings. The van der Waals surface area contributed by atoms with Crippen molar-refractivity contribution < 1.29 is 15.0 Å². The van der Waals surface area contributed by atoms with E-state index in [0.717, 1.165) is 11.1 Å². The van der Waals surface area contributed by atoms with E-state index in [0.29, 0.717) is 0 Å². The number of aliphatic carboxylic acids is 1. The number of carboxylic acid groups (broad SMARTS) is 1. The second kappa shape index (κ2) is 4.88. The number of rotatable bonds is 3. The van der Waals surface area contributed by atoms with Crippen LogP contribution in [0.3, 0.4) is 0 Å². The van der Waals surface area contributed by atoms with Crippen LogP contribution < -0.4 is 0 Å². The van der Waals surface area contributed by atoms with Crippen LogP contribution in [0.15, 0.2) is 24.3 Å². The van der Waals surface area contributed by atoms with Gasteiger partial charge in [-0.3, -0.25) is 4.79 Å². The lowest BCUT2D eigenvalue weighted by molar-refractivity contribution is -0.138. The lowest BCUT2D eigenvalue weighted by Gasteiger charge is -2.26. The maximum absolute atomic E-state index is 10.8. The molecule has 0 bridgehead atoms. The zero-order chi connectivity index (χ0) is 13.2. The summed E-state index contributed by atoms with van der Waals surface area (Å²) in [6.07, 6.45) is -0.545. The normalized spacial score (nSPS) is 15.4. The Kier molecular flexibility index (Phi) is 3.94. The standard InChI is InChI=1S/C14H20O3/c1-9(13(16)17)10-5-7-11(8-6-10)12(15)14(2,3)4/h5-9,12,15H,1-4H3,(H,16,17). The molecule has 94 valence electrons. The van der Waals surface area contributed by atoms with Crippen molar-refractivity contribution >= 4 is 5.97 Å². The fourth-order valence-corrected chi connectivity index (χ4v) is 1.61. The molecule has 17 heavy (non-hydrogen) atoms. The van der Waals surface area contributed by atoms with Crippen LogP contribution in [0, 0.1) is 5.41 Å². The van der Waals surface area contributed by atoms with Crippen molar-refractivity contribution in [2.45, 2.75) is 39.7 Å². The van der Waals surface area contributed by atoms with Gasteiger partial charge >= 0.3 is 5.97 Å². The molecule has 0 saturated carbocycles. The number of hydrogen-bond acceptors (Lipinski definition) is 2. The topological polar surface area (TPSA) is 57.5 Å². The molecule has 0 aliphatic heterocycles. The van der Waals surface area contributed by atoms with Crippen LogP contribution in [0.5, 0.6) is 0 Å². The smallest absolute Gasteiger partial charge is 0.310 e. The Morgan fingerprint density at radius 2 is 1.53 bits per heavy atom. The summed E-state index contributed by atoms with van der Waals surface area (Å²) in [5.41, 5.74) is 1.35. The minimum Gasteiger partial charge on any atom is -0.481 e. The second-order valence-corrected chi connectivity index (χ2v) is 5.50. The van der Waals surface area contributed by atoms with Crippen molar-refractivity contribution in [3.8, 4) is 0 Å². The van der Waals surface area contributed by atoms with Gasteiger partial charge in [-0.05, 0) is 23.5 Å². The quantitative estimate of drug-likeness (QED) is 0.848. The minimum absolute atomic E-state index is 0.222. The summed E-state index contributed by atoms with van der Waals surface area (Å²) in [6, 6.07) is 7.13. The predicted octanol–water partition coefficient (Wildman–Crippen LogP) is 2.95. The van der Waals surface area contributed by atoms with Gasteiger partial charge < -0.3 is 10.2 Å². The van der Waals surface area contributed by atoms with E-state index in [4.69, 9.17) is 5.11 Å². The van der Waals surface area contributed by atoms with E-state index in [-0.39, 0.29) is 5.41 Å². The molecule has 1 rings (SSSR count). The molecule has 0 aliphatic carbocycles. The third-order valence-corrected chi connectivity index (χ3v) is 2.94. The van der Waals surface area contributed by atoms with Crippen molar-refractivity contribution in [1.82, 2.24) is 0 Å². The first-order valence-corrected chi connectivity index (χ1v) is 5.74. The Labute approximate surface area is 102 Å². The van der Waals surface area contributed by atoms with Crippen LogP contribution >= 0.6 is 0 Å². The van der Waals surface area contributed by atoms with Gasteiger partial charge in [0.05, 0.1) is 12.0 Å². The summed E-state index contributed by atoms with van der Waals surface area (Å²) in [5, 5.41) is 19.0. The van der Waals surface area contributed by atoms with Crippen molar-refractivity contribution in [1.29, 1.82) is 0 Å². The van der Waals surface area contributed by atoms with Gasteiger partial charge in [-0.25, -0.2) is 0 Å². The van der Waals surface area contributed by atoms with Crippen LogP contribution in [0.4, 0.5) is 0 Å². The lowest BCUT2D eigenvalue weighted by Crippen LogP contribution is -2.17. The number of carboxylic acids is 1. The number of benzene rings is 1. The van der Waals surface area contributed by atoms with E-state index in [9.17, 15) is 9.90 Å². The van der Waals surface area contributed by atoms with Crippen LogP contribution in [-0.4, -0.2) is 16.2 Å². The Bertz CT molecular complexity index is 387. The average Bonchev–Trinajstić information content (AvgIpc) is 2.26. The largest absolute Gasteiger partial charge is 0.481 e. The second-order valence-electron chi connectivity index (χ2n) is 5.50. The third-order valence-electron chi connectivity index (χ3n) is 2.94. The monoisotopic (exact) mass is 236 g/mol. The van der Waals surface area contributed by atoms with Gasteiger partial charge in [-0.2, -0.15) is 0 Å². The maximum atomic E-state index is 10.8. The molecular weight excluding hydrogens is 216 g/mol. The van der Waals surface area contributed by atoms with E-state index < -0.39 is 18.0 Å². The fraction of sp³-hybridized carbons (Fsp3) is 0.500. The van der Waals surface area contributed by atoms with E-state index in [1.54, 1.807) is 31.2 Å². The highest BCUT2D eigenvalue weighted by molar-refractivity contribution is 5.75. The van der Waals surface area contributed by atoms with Gasteiger partial charge in [-0.1, -0.05) is 45.0 Å². The zero-order valence-corrected chi connectivity index (χ0v) is 10.8. The zero-order valence-electron chi connectivity index (χ0n) is 10.8. The molecule has 2 N–H and O–H groups in total. The Morgan fingerprint density at radius 3 is 1.88 bits per heavy atom. The Hall–Kier alpha value is -1.35. The maximum Gasteiger partial charge on any atom is 0.310 e.